The maximum Gasteiger partial charge on any atom is 0.416 e. The minimum atomic E-state index is -6.13. The third-order valence-electron chi connectivity index (χ3n) is 16.0. The zero-order chi connectivity index (χ0) is 76.5. The van der Waals surface area contributed by atoms with E-state index >= 15 is 0 Å². The van der Waals surface area contributed by atoms with Crippen LogP contribution in [0.15, 0.2) is 168 Å². The van der Waals surface area contributed by atoms with Crippen LogP contribution in [0.25, 0.3) is 0 Å². The van der Waals surface area contributed by atoms with Gasteiger partial charge in [0.25, 0.3) is 0 Å². The number of hydrogen-bond donors (Lipinski definition) is 0. The molecule has 8 aromatic rings. The number of hydrogen-bond acceptors (Lipinski definition) is 5. The molecule has 1 fully saturated rings. The van der Waals surface area contributed by atoms with Crippen LogP contribution in [-0.2, 0) is 73.6 Å². The molecule has 0 amide bonds. The quantitative estimate of drug-likeness (QED) is 0.0696. The predicted molar refractivity (Wildman–Crippen MR) is 342 cm³/mol. The van der Waals surface area contributed by atoms with Crippen molar-refractivity contribution in [2.24, 2.45) is 9.98 Å². The fourth-order valence-electron chi connectivity index (χ4n) is 11.1. The number of nitrogens with zero attached hydrogens (tertiary/aromatic N) is 4. The van der Waals surface area contributed by atoms with Crippen molar-refractivity contribution in [1.29, 1.82) is 0 Å². The molecule has 0 radical (unpaired) electrons. The van der Waals surface area contributed by atoms with Crippen LogP contribution in [0.5, 0.6) is 0 Å². The third kappa shape index (κ3) is 22.7. The van der Waals surface area contributed by atoms with Gasteiger partial charge in [0.05, 0.1) is 79.7 Å². The van der Waals surface area contributed by atoms with Gasteiger partial charge in [-0.2, -0.15) is 127 Å². The maximum atomic E-state index is 14.2. The molecule has 103 heavy (non-hydrogen) atoms. The Morgan fingerprint density at radius 2 is 0.534 bits per heavy atom. The van der Waals surface area contributed by atoms with E-state index < -0.39 is 195 Å². The Kier molecular flexibility index (Phi) is 28.1. The van der Waals surface area contributed by atoms with E-state index in [0.29, 0.717) is 23.7 Å². The van der Waals surface area contributed by atoms with Crippen molar-refractivity contribution in [2.75, 3.05) is 13.2 Å². The summed E-state index contributed by atoms with van der Waals surface area (Å²) in [6, 6.07) is 15.8. The molecule has 1 aliphatic heterocycles. The van der Waals surface area contributed by atoms with Crippen LogP contribution >= 0.6 is 0 Å². The summed E-state index contributed by atoms with van der Waals surface area (Å²) in [5, 5.41) is 0. The van der Waals surface area contributed by atoms with Gasteiger partial charge in [0.1, 0.15) is 6.15 Å². The molecule has 0 N–H and O–H groups in total. The van der Waals surface area contributed by atoms with Gasteiger partial charge in [-0.3, -0.25) is 20.0 Å². The molecule has 0 spiro atoms. The number of rotatable bonds is 12. The molecule has 6 aromatic carbocycles. The molecular weight excluding hydrogens is 1470 g/mol. The summed E-state index contributed by atoms with van der Waals surface area (Å²) in [6.45, 7) is 19.7. The predicted octanol–water partition coefficient (Wildman–Crippen LogP) is 22.2. The van der Waals surface area contributed by atoms with Crippen LogP contribution in [-0.4, -0.2) is 41.8 Å². The summed E-state index contributed by atoms with van der Waals surface area (Å²) in [5.74, 6) is 1.85. The zero-order valence-corrected chi connectivity index (χ0v) is 58.8. The van der Waals surface area contributed by atoms with Crippen LogP contribution in [0.4, 0.5) is 117 Å². The van der Waals surface area contributed by atoms with Crippen molar-refractivity contribution < 1.29 is 130 Å². The van der Waals surface area contributed by atoms with Gasteiger partial charge < -0.3 is 4.74 Å². The SMILES string of the molecule is C1CCOC1.CC(C)c1cccc(C(C)C)c1N=Cc1ccccn1.CC(C)c1cccc(C(C)C)c1N=Cc1ccccn1.FC(F)(F)c1cc([B-](c2cc(C(F)(F)F)cc(C(F)(F)F)c2)(c2cc(C(F)(F)F)cc(C(F)(F)F)c2)c2cc(C(F)(F)F)cc(C(F)(F)F)c2)cc(C(F)(F)F)c1.[Zn]. The van der Waals surface area contributed by atoms with Crippen LogP contribution < -0.4 is 21.9 Å². The number of alkyl halides is 24. The van der Waals surface area contributed by atoms with E-state index in [1.54, 1.807) is 12.4 Å². The summed E-state index contributed by atoms with van der Waals surface area (Å²) in [5.41, 5.74) is -21.0. The van der Waals surface area contributed by atoms with E-state index in [9.17, 15) is 105 Å². The number of benzene rings is 6. The second-order valence-electron chi connectivity index (χ2n) is 24.8. The Morgan fingerprint density at radius 1 is 0.320 bits per heavy atom. The fraction of sp³-hybridized carbons (Fsp3) is 0.333. The Balaban J connectivity index is 0.000000332. The van der Waals surface area contributed by atoms with Crippen LogP contribution in [0.2, 0.25) is 0 Å². The molecule has 2 aromatic heterocycles. The van der Waals surface area contributed by atoms with Gasteiger partial charge in [-0.05, 0) is 107 Å². The number of aliphatic imine (C=N–C) groups is 2. The van der Waals surface area contributed by atoms with Crippen LogP contribution in [0.1, 0.15) is 170 Å². The average Bonchev–Trinajstić information content (AvgIpc) is 1.08. The first kappa shape index (κ1) is 85.6. The summed E-state index contributed by atoms with van der Waals surface area (Å²) >= 11 is 0. The number of ether oxygens (including phenoxy) is 1. The van der Waals surface area contributed by atoms with Crippen molar-refractivity contribution >= 4 is 51.8 Å². The molecule has 5 nitrogen and oxygen atoms in total. The van der Waals surface area contributed by atoms with Crippen molar-refractivity contribution in [2.45, 2.75) is 141 Å². The molecule has 552 valence electrons. The Labute approximate surface area is 589 Å². The van der Waals surface area contributed by atoms with Crippen molar-refractivity contribution in [1.82, 2.24) is 9.97 Å². The van der Waals surface area contributed by atoms with E-state index in [0.717, 1.165) is 36.0 Å². The molecule has 0 saturated carbocycles. The van der Waals surface area contributed by atoms with E-state index in [2.05, 4.69) is 102 Å². The molecule has 0 unspecified atom stereocenters. The number of para-hydroxylation sites is 2. The van der Waals surface area contributed by atoms with E-state index in [1.165, 1.54) is 35.1 Å². The van der Waals surface area contributed by atoms with Crippen molar-refractivity contribution in [3.8, 4) is 0 Å². The van der Waals surface area contributed by atoms with Gasteiger partial charge in [0.15, 0.2) is 0 Å². The second-order valence-corrected chi connectivity index (χ2v) is 24.8. The Hall–Kier alpha value is -8.07. The Bertz CT molecular complexity index is 3560. The second kappa shape index (κ2) is 33.8. The first-order chi connectivity index (χ1) is 46.9. The van der Waals surface area contributed by atoms with E-state index in [-0.39, 0.29) is 19.5 Å². The maximum absolute atomic E-state index is 14.2. The molecule has 0 atom stereocenters. The summed E-state index contributed by atoms with van der Waals surface area (Å²) in [4.78, 5) is 18.0. The molecular formula is C72H64BF24N4OZn-. The largest absolute Gasteiger partial charge is 0.416 e. The van der Waals surface area contributed by atoms with Gasteiger partial charge in [0, 0.05) is 45.1 Å². The van der Waals surface area contributed by atoms with E-state index in [1.807, 2.05) is 48.8 Å². The molecule has 0 bridgehead atoms. The minimum absolute atomic E-state index is 0. The van der Waals surface area contributed by atoms with Gasteiger partial charge >= 0.3 is 49.4 Å². The summed E-state index contributed by atoms with van der Waals surface area (Å²) in [6.07, 6.45) is -45.0. The standard InChI is InChI=1S/C32H12BF24.2C18H22N2.C4H8O.Zn/c34-25(35,36)13-1-14(26(37,38)39)6-21(5-13)33(22-7-15(27(40,41)42)2-16(8-22)28(43,44)45,23-9-17(29(46,47)48)3-18(10-23)30(49,50)51)24-11-19(31(52,53)54)4-20(12-24)32(55,56)57;2*1-13(2)16-9-7-10-17(14(3)4)18(16)20-12-15-8-5-6-11-19-15;1-2-4-5-3-1;/h1-12H;2*5-14H,1-4H3;1-4H2;/q-1;;;;. The van der Waals surface area contributed by atoms with E-state index in [4.69, 9.17) is 14.7 Å². The summed E-state index contributed by atoms with van der Waals surface area (Å²) in [7, 11) is 0. The number of pyridine rings is 2. The van der Waals surface area contributed by atoms with Gasteiger partial charge in [-0.15, -0.1) is 0 Å². The van der Waals surface area contributed by atoms with Crippen molar-refractivity contribution in [3.05, 3.63) is 236 Å². The smallest absolute Gasteiger partial charge is 0.381 e. The third-order valence-corrected chi connectivity index (χ3v) is 16.0. The number of halogens is 24. The Morgan fingerprint density at radius 3 is 0.689 bits per heavy atom. The van der Waals surface area contributed by atoms with Crippen LogP contribution in [0, 0.1) is 0 Å². The normalized spacial score (nSPS) is 13.6. The van der Waals surface area contributed by atoms with Crippen LogP contribution in [0.3, 0.4) is 0 Å². The first-order valence-corrected chi connectivity index (χ1v) is 31.0. The molecule has 3 heterocycles. The molecule has 1 aliphatic rings. The monoisotopic (exact) mass is 1530 g/mol. The average molecular weight is 1530 g/mol. The molecule has 1 saturated heterocycles. The van der Waals surface area contributed by atoms with Gasteiger partial charge in [0.2, 0.25) is 0 Å². The van der Waals surface area contributed by atoms with Gasteiger partial charge in [-0.25, -0.2) is 0 Å². The first-order valence-electron chi connectivity index (χ1n) is 31.0. The van der Waals surface area contributed by atoms with Gasteiger partial charge in [-0.1, -0.05) is 152 Å². The van der Waals surface area contributed by atoms with Crippen molar-refractivity contribution in [3.63, 3.8) is 0 Å². The minimum Gasteiger partial charge on any atom is -0.381 e. The topological polar surface area (TPSA) is 59.7 Å². The number of aromatic nitrogens is 2. The fourth-order valence-corrected chi connectivity index (χ4v) is 11.1. The molecule has 9 rings (SSSR count). The molecule has 31 heteroatoms. The summed E-state index contributed by atoms with van der Waals surface area (Å²) < 4.78 is 346. The zero-order valence-electron chi connectivity index (χ0n) is 55.9. The molecule has 0 aliphatic carbocycles.